The van der Waals surface area contributed by atoms with Crippen molar-refractivity contribution in [3.05, 3.63) is 71.0 Å². The minimum Gasteiger partial charge on any atom is -0.495 e. The first-order valence-electron chi connectivity index (χ1n) is 10.9. The molecule has 0 bridgehead atoms. The number of amides is 1. The van der Waals surface area contributed by atoms with Gasteiger partial charge in [0.25, 0.3) is 5.91 Å². The normalized spacial score (nSPS) is 14.4. The Morgan fingerprint density at radius 1 is 1.06 bits per heavy atom. The van der Waals surface area contributed by atoms with Gasteiger partial charge in [0.05, 0.1) is 30.7 Å². The SMILES string of the molecule is COc1ccccc1NC(=O)c1ccc(Cn2nc(C)c(S(=O)(=O)N3CCCC3)c2C)cc1. The summed E-state index contributed by atoms with van der Waals surface area (Å²) < 4.78 is 34.7. The summed E-state index contributed by atoms with van der Waals surface area (Å²) in [5.41, 5.74) is 3.16. The summed E-state index contributed by atoms with van der Waals surface area (Å²) in [4.78, 5) is 12.9. The van der Waals surface area contributed by atoms with E-state index in [4.69, 9.17) is 4.74 Å². The zero-order chi connectivity index (χ0) is 23.6. The molecule has 1 aliphatic heterocycles. The summed E-state index contributed by atoms with van der Waals surface area (Å²) >= 11 is 0. The Morgan fingerprint density at radius 3 is 2.39 bits per heavy atom. The van der Waals surface area contributed by atoms with Gasteiger partial charge in [-0.1, -0.05) is 24.3 Å². The van der Waals surface area contributed by atoms with E-state index in [1.807, 2.05) is 24.3 Å². The van der Waals surface area contributed by atoms with Gasteiger partial charge < -0.3 is 10.1 Å². The van der Waals surface area contributed by atoms with Crippen LogP contribution in [0.25, 0.3) is 0 Å². The van der Waals surface area contributed by atoms with Crippen LogP contribution in [0.4, 0.5) is 5.69 Å². The molecule has 2 aromatic carbocycles. The number of hydrogen-bond donors (Lipinski definition) is 1. The molecular formula is C24H28N4O4S. The number of rotatable bonds is 7. The molecule has 9 heteroatoms. The number of aryl methyl sites for hydroxylation is 1. The second kappa shape index (κ2) is 9.36. The summed E-state index contributed by atoms with van der Waals surface area (Å²) in [5, 5.41) is 7.35. The Kier molecular flexibility index (Phi) is 6.53. The predicted octanol–water partition coefficient (Wildman–Crippen LogP) is 3.59. The molecule has 0 spiro atoms. The van der Waals surface area contributed by atoms with Gasteiger partial charge in [-0.15, -0.1) is 0 Å². The lowest BCUT2D eigenvalue weighted by atomic mass is 10.1. The number of benzene rings is 2. The first-order chi connectivity index (χ1) is 15.8. The number of nitrogens with zero attached hydrogens (tertiary/aromatic N) is 3. The van der Waals surface area contributed by atoms with Gasteiger partial charge in [0.2, 0.25) is 10.0 Å². The highest BCUT2D eigenvalue weighted by Gasteiger charge is 2.32. The van der Waals surface area contributed by atoms with Crippen molar-refractivity contribution < 1.29 is 17.9 Å². The predicted molar refractivity (Wildman–Crippen MR) is 126 cm³/mol. The van der Waals surface area contributed by atoms with E-state index in [0.717, 1.165) is 18.4 Å². The maximum absolute atomic E-state index is 13.1. The van der Waals surface area contributed by atoms with Crippen LogP contribution in [0.3, 0.4) is 0 Å². The number of carbonyl (C=O) groups excluding carboxylic acids is 1. The van der Waals surface area contributed by atoms with Crippen molar-refractivity contribution in [1.29, 1.82) is 0 Å². The molecule has 0 aliphatic carbocycles. The largest absolute Gasteiger partial charge is 0.495 e. The lowest BCUT2D eigenvalue weighted by Gasteiger charge is -2.15. The zero-order valence-corrected chi connectivity index (χ0v) is 19.9. The van der Waals surface area contributed by atoms with Crippen molar-refractivity contribution in [3.63, 3.8) is 0 Å². The van der Waals surface area contributed by atoms with E-state index in [0.29, 0.717) is 52.9 Å². The van der Waals surface area contributed by atoms with Gasteiger partial charge >= 0.3 is 0 Å². The van der Waals surface area contributed by atoms with Crippen molar-refractivity contribution in [1.82, 2.24) is 14.1 Å². The van der Waals surface area contributed by atoms with Crippen molar-refractivity contribution in [3.8, 4) is 5.75 Å². The van der Waals surface area contributed by atoms with Gasteiger partial charge in [0, 0.05) is 18.7 Å². The Morgan fingerprint density at radius 2 is 1.73 bits per heavy atom. The molecule has 4 rings (SSSR count). The van der Waals surface area contributed by atoms with Gasteiger partial charge in [0.15, 0.2) is 0 Å². The molecule has 0 radical (unpaired) electrons. The molecule has 1 saturated heterocycles. The highest BCUT2D eigenvalue weighted by molar-refractivity contribution is 7.89. The number of anilines is 1. The van der Waals surface area contributed by atoms with Gasteiger partial charge in [-0.2, -0.15) is 9.40 Å². The van der Waals surface area contributed by atoms with Crippen LogP contribution in [0.2, 0.25) is 0 Å². The molecule has 1 aromatic heterocycles. The van der Waals surface area contributed by atoms with Crippen LogP contribution in [0.15, 0.2) is 53.4 Å². The number of hydrogen-bond acceptors (Lipinski definition) is 5. The highest BCUT2D eigenvalue weighted by Crippen LogP contribution is 2.27. The molecule has 8 nitrogen and oxygen atoms in total. The summed E-state index contributed by atoms with van der Waals surface area (Å²) in [6.45, 7) is 5.06. The molecule has 33 heavy (non-hydrogen) atoms. The molecule has 1 aliphatic rings. The average Bonchev–Trinajstić information content (AvgIpc) is 3.44. The minimum absolute atomic E-state index is 0.240. The summed E-state index contributed by atoms with van der Waals surface area (Å²) in [6, 6.07) is 14.4. The van der Waals surface area contributed by atoms with Crippen molar-refractivity contribution in [2.45, 2.75) is 38.1 Å². The fraction of sp³-hybridized carbons (Fsp3) is 0.333. The third-order valence-electron chi connectivity index (χ3n) is 5.88. The third kappa shape index (κ3) is 4.65. The van der Waals surface area contributed by atoms with E-state index < -0.39 is 10.0 Å². The van der Waals surface area contributed by atoms with Gasteiger partial charge in [-0.25, -0.2) is 8.42 Å². The molecule has 0 unspecified atom stereocenters. The minimum atomic E-state index is -3.54. The summed E-state index contributed by atoms with van der Waals surface area (Å²) in [6.07, 6.45) is 1.78. The molecule has 0 atom stereocenters. The van der Waals surface area contributed by atoms with Gasteiger partial charge in [-0.05, 0) is 56.5 Å². The second-order valence-electron chi connectivity index (χ2n) is 8.12. The number of carbonyl (C=O) groups is 1. The van der Waals surface area contributed by atoms with Crippen LogP contribution >= 0.6 is 0 Å². The van der Waals surface area contributed by atoms with Crippen LogP contribution in [0.5, 0.6) is 5.75 Å². The summed E-state index contributed by atoms with van der Waals surface area (Å²) in [5.74, 6) is 0.350. The maximum atomic E-state index is 13.1. The Balaban J connectivity index is 1.50. The molecule has 1 fully saturated rings. The standard InChI is InChI=1S/C24H28N4O4S/c1-17-23(33(30,31)27-14-6-7-15-27)18(2)28(26-17)16-19-10-12-20(13-11-19)24(29)25-21-8-4-5-9-22(21)32-3/h4-5,8-13H,6-7,14-16H2,1-3H3,(H,25,29). The van der Waals surface area contributed by atoms with E-state index in [9.17, 15) is 13.2 Å². The lowest BCUT2D eigenvalue weighted by Crippen LogP contribution is -2.28. The molecule has 0 saturated carbocycles. The van der Waals surface area contributed by atoms with Gasteiger partial charge in [0.1, 0.15) is 10.6 Å². The zero-order valence-electron chi connectivity index (χ0n) is 19.0. The number of sulfonamides is 1. The number of nitrogens with one attached hydrogen (secondary N) is 1. The van der Waals surface area contributed by atoms with Crippen molar-refractivity contribution in [2.24, 2.45) is 0 Å². The maximum Gasteiger partial charge on any atom is 0.255 e. The third-order valence-corrected chi connectivity index (χ3v) is 8.03. The Labute approximate surface area is 194 Å². The lowest BCUT2D eigenvalue weighted by molar-refractivity contribution is 0.102. The molecule has 1 N–H and O–H groups in total. The number of aromatic nitrogens is 2. The number of methoxy groups -OCH3 is 1. The van der Waals surface area contributed by atoms with Gasteiger partial charge in [-0.3, -0.25) is 9.48 Å². The quantitative estimate of drug-likeness (QED) is 0.572. The number of para-hydroxylation sites is 2. The van der Waals surface area contributed by atoms with E-state index in [2.05, 4.69) is 10.4 Å². The molecular weight excluding hydrogens is 440 g/mol. The Bertz CT molecular complexity index is 1260. The first-order valence-corrected chi connectivity index (χ1v) is 12.3. The van der Waals surface area contributed by atoms with Crippen LogP contribution in [0.1, 0.15) is 40.2 Å². The average molecular weight is 469 g/mol. The summed E-state index contributed by atoms with van der Waals surface area (Å²) in [7, 11) is -1.98. The van der Waals surface area contributed by atoms with E-state index >= 15 is 0 Å². The second-order valence-corrected chi connectivity index (χ2v) is 9.99. The fourth-order valence-electron chi connectivity index (χ4n) is 4.14. The van der Waals surface area contributed by atoms with Crippen LogP contribution in [-0.4, -0.2) is 48.6 Å². The van der Waals surface area contributed by atoms with Crippen molar-refractivity contribution in [2.75, 3.05) is 25.5 Å². The van der Waals surface area contributed by atoms with E-state index in [-0.39, 0.29) is 5.91 Å². The van der Waals surface area contributed by atoms with E-state index in [1.54, 1.807) is 54.2 Å². The van der Waals surface area contributed by atoms with Crippen LogP contribution in [0, 0.1) is 13.8 Å². The van der Waals surface area contributed by atoms with Crippen LogP contribution < -0.4 is 10.1 Å². The number of ether oxygens (including phenoxy) is 1. The molecule has 2 heterocycles. The van der Waals surface area contributed by atoms with Crippen molar-refractivity contribution >= 4 is 21.6 Å². The first kappa shape index (κ1) is 23.0. The molecule has 3 aromatic rings. The monoisotopic (exact) mass is 468 g/mol. The van der Waals surface area contributed by atoms with E-state index in [1.165, 1.54) is 0 Å². The molecule has 1 amide bonds. The molecule has 174 valence electrons. The van der Waals surface area contributed by atoms with Crippen LogP contribution in [-0.2, 0) is 16.6 Å². The smallest absolute Gasteiger partial charge is 0.255 e. The Hall–Kier alpha value is -3.17. The topological polar surface area (TPSA) is 93.5 Å². The highest BCUT2D eigenvalue weighted by atomic mass is 32.2. The fourth-order valence-corrected chi connectivity index (χ4v) is 6.03.